The van der Waals surface area contributed by atoms with Crippen LogP contribution in [0.5, 0.6) is 0 Å². The van der Waals surface area contributed by atoms with Crippen LogP contribution >= 0.6 is 11.8 Å². The molecule has 15 heavy (non-hydrogen) atoms. The second-order valence-electron chi connectivity index (χ2n) is 4.21. The van der Waals surface area contributed by atoms with Crippen molar-refractivity contribution < 1.29 is 4.74 Å². The van der Waals surface area contributed by atoms with Crippen molar-refractivity contribution in [2.45, 2.75) is 44.9 Å². The van der Waals surface area contributed by atoms with Crippen molar-refractivity contribution in [2.24, 2.45) is 5.92 Å². The molecule has 3 heteroatoms. The molecule has 0 spiro atoms. The van der Waals surface area contributed by atoms with Gasteiger partial charge in [0.05, 0.1) is 0 Å². The smallest absolute Gasteiger partial charge is 0.0465 e. The molecular formula is C12H27NOS. The van der Waals surface area contributed by atoms with Crippen LogP contribution in [0.15, 0.2) is 0 Å². The first-order valence-electron chi connectivity index (χ1n) is 5.93. The molecule has 2 nitrogen and oxygen atoms in total. The third-order valence-electron chi connectivity index (χ3n) is 2.97. The Morgan fingerprint density at radius 2 is 2.00 bits per heavy atom. The number of hydrogen-bond donors (Lipinski definition) is 1. The zero-order valence-electron chi connectivity index (χ0n) is 10.9. The van der Waals surface area contributed by atoms with E-state index in [4.69, 9.17) is 4.74 Å². The Morgan fingerprint density at radius 1 is 1.33 bits per heavy atom. The summed E-state index contributed by atoms with van der Waals surface area (Å²) in [4.78, 5) is 0. The second-order valence-corrected chi connectivity index (χ2v) is 5.68. The molecule has 92 valence electrons. The van der Waals surface area contributed by atoms with Crippen LogP contribution in [0.25, 0.3) is 0 Å². The molecule has 0 aromatic carbocycles. The number of rotatable bonds is 9. The van der Waals surface area contributed by atoms with E-state index >= 15 is 0 Å². The summed E-state index contributed by atoms with van der Waals surface area (Å²) in [6.45, 7) is 7.72. The lowest BCUT2D eigenvalue weighted by Crippen LogP contribution is -2.35. The van der Waals surface area contributed by atoms with Gasteiger partial charge in [0.15, 0.2) is 0 Å². The van der Waals surface area contributed by atoms with E-state index < -0.39 is 0 Å². The summed E-state index contributed by atoms with van der Waals surface area (Å²) in [5.74, 6) is 1.89. The van der Waals surface area contributed by atoms with Gasteiger partial charge in [0, 0.05) is 30.8 Å². The topological polar surface area (TPSA) is 21.3 Å². The zero-order chi connectivity index (χ0) is 11.7. The summed E-state index contributed by atoms with van der Waals surface area (Å²) in [5, 5.41) is 4.19. The highest BCUT2D eigenvalue weighted by atomic mass is 32.2. The summed E-state index contributed by atoms with van der Waals surface area (Å²) < 4.78 is 5.12. The number of methoxy groups -OCH3 is 1. The van der Waals surface area contributed by atoms with Gasteiger partial charge in [0.25, 0.3) is 0 Å². The predicted octanol–water partition coefficient (Wildman–Crippen LogP) is 2.78. The molecule has 0 amide bonds. The molecular weight excluding hydrogens is 206 g/mol. The molecule has 0 saturated heterocycles. The maximum atomic E-state index is 5.12. The molecule has 0 fully saturated rings. The number of ether oxygens (including phenoxy) is 1. The van der Waals surface area contributed by atoms with E-state index in [1.54, 1.807) is 7.11 Å². The molecule has 0 heterocycles. The molecule has 0 bridgehead atoms. The molecule has 0 radical (unpaired) electrons. The first kappa shape index (κ1) is 15.3. The summed E-state index contributed by atoms with van der Waals surface area (Å²) in [7, 11) is 3.83. The lowest BCUT2D eigenvalue weighted by molar-refractivity contribution is 0.173. The zero-order valence-corrected chi connectivity index (χ0v) is 11.7. The van der Waals surface area contributed by atoms with Gasteiger partial charge in [-0.25, -0.2) is 0 Å². The Balaban J connectivity index is 3.79. The number of hydrogen-bond acceptors (Lipinski definition) is 3. The Labute approximate surface area is 99.5 Å². The lowest BCUT2D eigenvalue weighted by atomic mass is 10.0. The van der Waals surface area contributed by atoms with Crippen molar-refractivity contribution in [1.29, 1.82) is 0 Å². The van der Waals surface area contributed by atoms with Crippen molar-refractivity contribution in [2.75, 3.05) is 26.5 Å². The van der Waals surface area contributed by atoms with Crippen molar-refractivity contribution in [3.63, 3.8) is 0 Å². The van der Waals surface area contributed by atoms with Gasteiger partial charge in [-0.05, 0) is 25.8 Å². The molecule has 0 aromatic heterocycles. The van der Waals surface area contributed by atoms with Gasteiger partial charge in [-0.2, -0.15) is 11.8 Å². The first-order chi connectivity index (χ1) is 7.15. The molecule has 3 unspecified atom stereocenters. The Bertz CT molecular complexity index is 144. The van der Waals surface area contributed by atoms with Crippen LogP contribution in [-0.2, 0) is 4.74 Å². The third-order valence-corrected chi connectivity index (χ3v) is 4.42. The van der Waals surface area contributed by atoms with E-state index in [2.05, 4.69) is 44.9 Å². The fraction of sp³-hybridized carbons (Fsp3) is 1.00. The summed E-state index contributed by atoms with van der Waals surface area (Å²) in [6, 6.07) is 0.610. The largest absolute Gasteiger partial charge is 0.385 e. The summed E-state index contributed by atoms with van der Waals surface area (Å²) in [5.41, 5.74) is 0. The van der Waals surface area contributed by atoms with Crippen molar-refractivity contribution >= 4 is 11.8 Å². The Hall–Kier alpha value is 0.270. The van der Waals surface area contributed by atoms with E-state index in [0.717, 1.165) is 18.3 Å². The second kappa shape index (κ2) is 9.49. The van der Waals surface area contributed by atoms with Gasteiger partial charge in [0.2, 0.25) is 0 Å². The van der Waals surface area contributed by atoms with Crippen LogP contribution in [0.3, 0.4) is 0 Å². The van der Waals surface area contributed by atoms with Gasteiger partial charge < -0.3 is 10.1 Å². The van der Waals surface area contributed by atoms with Crippen LogP contribution in [0, 0.1) is 5.92 Å². The normalized spacial score (nSPS) is 17.4. The van der Waals surface area contributed by atoms with Crippen LogP contribution in [0.1, 0.15) is 33.6 Å². The fourth-order valence-corrected chi connectivity index (χ4v) is 2.69. The standard InChI is InChI=1S/C12H27NOS/c1-6-11(3)15-9-12(13-4)10(2)7-8-14-5/h10-13H,6-9H2,1-5H3. The SMILES string of the molecule is CCC(C)SCC(NC)C(C)CCOC. The molecule has 0 aliphatic heterocycles. The van der Waals surface area contributed by atoms with Crippen molar-refractivity contribution in [3.05, 3.63) is 0 Å². The maximum absolute atomic E-state index is 5.12. The number of nitrogens with one attached hydrogen (secondary N) is 1. The highest BCUT2D eigenvalue weighted by Gasteiger charge is 2.15. The van der Waals surface area contributed by atoms with Crippen LogP contribution < -0.4 is 5.32 Å². The minimum atomic E-state index is 0.610. The van der Waals surface area contributed by atoms with Gasteiger partial charge in [-0.1, -0.05) is 20.8 Å². The quantitative estimate of drug-likeness (QED) is 0.662. The minimum Gasteiger partial charge on any atom is -0.385 e. The van der Waals surface area contributed by atoms with Gasteiger partial charge in [-0.3, -0.25) is 0 Å². The predicted molar refractivity (Wildman–Crippen MR) is 70.7 cm³/mol. The van der Waals surface area contributed by atoms with Crippen LogP contribution in [0.4, 0.5) is 0 Å². The van der Waals surface area contributed by atoms with Crippen molar-refractivity contribution in [3.8, 4) is 0 Å². The van der Waals surface area contributed by atoms with Crippen molar-refractivity contribution in [1.82, 2.24) is 5.32 Å². The molecule has 0 rings (SSSR count). The van der Waals surface area contributed by atoms with Gasteiger partial charge >= 0.3 is 0 Å². The fourth-order valence-electron chi connectivity index (χ4n) is 1.42. The highest BCUT2D eigenvalue weighted by Crippen LogP contribution is 2.19. The molecule has 0 saturated carbocycles. The van der Waals surface area contributed by atoms with Gasteiger partial charge in [-0.15, -0.1) is 0 Å². The highest BCUT2D eigenvalue weighted by molar-refractivity contribution is 7.99. The molecule has 3 atom stereocenters. The maximum Gasteiger partial charge on any atom is 0.0465 e. The van der Waals surface area contributed by atoms with E-state index in [1.807, 2.05) is 0 Å². The minimum absolute atomic E-state index is 0.610. The Morgan fingerprint density at radius 3 is 2.47 bits per heavy atom. The molecule has 0 aliphatic rings. The van der Waals surface area contributed by atoms with E-state index in [9.17, 15) is 0 Å². The van der Waals surface area contributed by atoms with E-state index in [1.165, 1.54) is 12.2 Å². The van der Waals surface area contributed by atoms with Crippen LogP contribution in [-0.4, -0.2) is 37.8 Å². The van der Waals surface area contributed by atoms with Crippen LogP contribution in [0.2, 0.25) is 0 Å². The third kappa shape index (κ3) is 7.20. The van der Waals surface area contributed by atoms with E-state index in [-0.39, 0.29) is 0 Å². The average Bonchev–Trinajstić information content (AvgIpc) is 2.26. The molecule has 0 aromatic rings. The first-order valence-corrected chi connectivity index (χ1v) is 6.98. The summed E-state index contributed by atoms with van der Waals surface area (Å²) >= 11 is 2.07. The number of thioether (sulfide) groups is 1. The average molecular weight is 233 g/mol. The lowest BCUT2D eigenvalue weighted by Gasteiger charge is -2.24. The molecule has 1 N–H and O–H groups in total. The molecule has 0 aliphatic carbocycles. The Kier molecular flexibility index (Phi) is 9.66. The monoisotopic (exact) mass is 233 g/mol. The van der Waals surface area contributed by atoms with E-state index in [0.29, 0.717) is 12.0 Å². The van der Waals surface area contributed by atoms with Gasteiger partial charge in [0.1, 0.15) is 0 Å². The summed E-state index contributed by atoms with van der Waals surface area (Å²) in [6.07, 6.45) is 2.40.